The Labute approximate surface area is 67.8 Å². The van der Waals surface area contributed by atoms with Gasteiger partial charge in [0.15, 0.2) is 0 Å². The van der Waals surface area contributed by atoms with Crippen molar-refractivity contribution in [1.82, 2.24) is 3.11 Å². The Morgan fingerprint density at radius 1 is 1.89 bits per heavy atom. The number of carbonyl (C=O) groups is 1. The molecule has 0 rings (SSSR count). The minimum atomic E-state index is -0.895. The molecule has 0 saturated carbocycles. The summed E-state index contributed by atoms with van der Waals surface area (Å²) in [5.74, 6) is -0.895. The molecule has 0 radical (unpaired) electrons. The zero-order valence-electron chi connectivity index (χ0n) is 5.04. The first kappa shape index (κ1) is 8.90. The van der Waals surface area contributed by atoms with Gasteiger partial charge in [0.2, 0.25) is 0 Å². The average Bonchev–Trinajstić information content (AvgIpc) is 1.63. The lowest BCUT2D eigenvalue weighted by molar-refractivity contribution is -0.131. The van der Waals surface area contributed by atoms with Crippen LogP contribution < -0.4 is 0 Å². The van der Waals surface area contributed by atoms with Gasteiger partial charge < -0.3 is 5.11 Å². The fraction of sp³-hybridized carbons (Fsp3) is 0.400. The Balaban J connectivity index is 3.36. The molecule has 0 fully saturated rings. The number of carboxylic acids is 1. The topological polar surface area (TPSA) is 40.5 Å². The number of likely N-dealkylation sites (N-methyl/N-ethyl adjacent to an activating group) is 1. The molecule has 3 nitrogen and oxygen atoms in total. The number of nitrogens with zero attached hydrogens (tertiary/aromatic N) is 1. The summed E-state index contributed by atoms with van der Waals surface area (Å²) < 4.78 is 1.86. The lowest BCUT2D eigenvalue weighted by atomic mass is 10.5. The van der Waals surface area contributed by atoms with Crippen molar-refractivity contribution in [3.8, 4) is 0 Å². The van der Waals surface area contributed by atoms with Crippen LogP contribution in [0.5, 0.6) is 0 Å². The van der Waals surface area contributed by atoms with Gasteiger partial charge in [0.05, 0.1) is 0 Å². The molecule has 1 N–H and O–H groups in total. The minimum absolute atomic E-state index is 0.660. The lowest BCUT2D eigenvalue weighted by Crippen LogP contribution is -2.02. The fourth-order valence-corrected chi connectivity index (χ4v) is 0.526. The number of hydrogen-bond acceptors (Lipinski definition) is 2. The van der Waals surface area contributed by atoms with E-state index in [1.54, 1.807) is 6.08 Å². The van der Waals surface area contributed by atoms with E-state index in [-0.39, 0.29) is 0 Å². The smallest absolute Gasteiger partial charge is 0.328 e. The number of hydrogen-bond donors (Lipinski definition) is 1. The number of aliphatic carboxylic acids is 1. The molecule has 4 heteroatoms. The van der Waals surface area contributed by atoms with Crippen molar-refractivity contribution in [3.63, 3.8) is 0 Å². The van der Waals surface area contributed by atoms with Gasteiger partial charge in [-0.25, -0.2) is 7.91 Å². The van der Waals surface area contributed by atoms with E-state index in [4.69, 9.17) is 5.11 Å². The zero-order chi connectivity index (χ0) is 7.28. The Morgan fingerprint density at radius 2 is 2.44 bits per heavy atom. The molecule has 0 aliphatic heterocycles. The quantitative estimate of drug-likeness (QED) is 0.453. The van der Waals surface area contributed by atoms with Crippen LogP contribution in [0.1, 0.15) is 0 Å². The number of halogens is 1. The van der Waals surface area contributed by atoms with Crippen molar-refractivity contribution in [2.45, 2.75) is 0 Å². The Morgan fingerprint density at radius 3 is 2.78 bits per heavy atom. The van der Waals surface area contributed by atoms with Crippen molar-refractivity contribution >= 4 is 28.8 Å². The largest absolute Gasteiger partial charge is 0.478 e. The minimum Gasteiger partial charge on any atom is -0.478 e. The van der Waals surface area contributed by atoms with E-state index in [9.17, 15) is 4.79 Å². The van der Waals surface area contributed by atoms with Crippen LogP contribution in [-0.4, -0.2) is 27.8 Å². The highest BCUT2D eigenvalue weighted by Crippen LogP contribution is 1.90. The monoisotopic (exact) mass is 241 g/mol. The molecule has 0 saturated heterocycles. The molecule has 0 aromatic carbocycles. The summed E-state index contributed by atoms with van der Waals surface area (Å²) in [5.41, 5.74) is 0. The fourth-order valence-electron chi connectivity index (χ4n) is 0.299. The second-order valence-electron chi connectivity index (χ2n) is 1.53. The third-order valence-electron chi connectivity index (χ3n) is 0.617. The van der Waals surface area contributed by atoms with Gasteiger partial charge in [-0.05, 0) is 7.05 Å². The van der Waals surface area contributed by atoms with Crippen LogP contribution in [0.3, 0.4) is 0 Å². The number of rotatable bonds is 3. The standard InChI is InChI=1S/C5H8INO2/c1-7(6)4-2-3-5(8)9/h2-3H,4H2,1H3,(H,8,9)/b3-2+. The van der Waals surface area contributed by atoms with Crippen LogP contribution in [0.2, 0.25) is 0 Å². The predicted molar refractivity (Wildman–Crippen MR) is 43.4 cm³/mol. The van der Waals surface area contributed by atoms with Gasteiger partial charge >= 0.3 is 5.97 Å². The lowest BCUT2D eigenvalue weighted by Gasteiger charge is -1.98. The molecule has 0 aliphatic carbocycles. The molecule has 0 spiro atoms. The summed E-state index contributed by atoms with van der Waals surface area (Å²) in [6, 6.07) is 0. The van der Waals surface area contributed by atoms with Crippen molar-refractivity contribution in [2.75, 3.05) is 13.6 Å². The van der Waals surface area contributed by atoms with Gasteiger partial charge in [0.25, 0.3) is 0 Å². The highest BCUT2D eigenvalue weighted by Gasteiger charge is 1.86. The van der Waals surface area contributed by atoms with Crippen molar-refractivity contribution in [1.29, 1.82) is 0 Å². The molecule has 0 aromatic heterocycles. The van der Waals surface area contributed by atoms with Crippen molar-refractivity contribution < 1.29 is 9.90 Å². The van der Waals surface area contributed by atoms with Crippen LogP contribution in [0, 0.1) is 0 Å². The van der Waals surface area contributed by atoms with E-state index in [1.807, 2.05) is 10.2 Å². The summed E-state index contributed by atoms with van der Waals surface area (Å²) >= 11 is 2.08. The molecular formula is C5H8INO2. The van der Waals surface area contributed by atoms with Crippen molar-refractivity contribution in [3.05, 3.63) is 12.2 Å². The molecule has 0 aliphatic rings. The van der Waals surface area contributed by atoms with Gasteiger partial charge in [-0.15, -0.1) is 0 Å². The molecule has 0 amide bonds. The first-order valence-electron chi connectivity index (χ1n) is 2.39. The molecule has 52 valence electrons. The molecule has 0 aromatic rings. The van der Waals surface area contributed by atoms with Gasteiger partial charge in [-0.1, -0.05) is 6.08 Å². The molecule has 0 unspecified atom stereocenters. The normalized spacial score (nSPS) is 11.0. The average molecular weight is 241 g/mol. The maximum atomic E-state index is 9.87. The molecular weight excluding hydrogens is 233 g/mol. The van der Waals surface area contributed by atoms with E-state index in [0.717, 1.165) is 6.08 Å². The van der Waals surface area contributed by atoms with Gasteiger partial charge in [0, 0.05) is 35.5 Å². The molecule has 0 heterocycles. The Kier molecular flexibility index (Phi) is 4.70. The Bertz CT molecular complexity index is 122. The van der Waals surface area contributed by atoms with Gasteiger partial charge in [0.1, 0.15) is 0 Å². The van der Waals surface area contributed by atoms with Crippen LogP contribution in [0.25, 0.3) is 0 Å². The van der Waals surface area contributed by atoms with Crippen LogP contribution >= 0.6 is 22.9 Å². The summed E-state index contributed by atoms with van der Waals surface area (Å²) in [6.07, 6.45) is 2.73. The summed E-state index contributed by atoms with van der Waals surface area (Å²) in [7, 11) is 1.87. The zero-order valence-corrected chi connectivity index (χ0v) is 7.20. The first-order chi connectivity index (χ1) is 4.13. The van der Waals surface area contributed by atoms with E-state index in [2.05, 4.69) is 22.9 Å². The van der Waals surface area contributed by atoms with E-state index < -0.39 is 5.97 Å². The molecule has 0 atom stereocenters. The van der Waals surface area contributed by atoms with Crippen LogP contribution in [0.4, 0.5) is 0 Å². The third kappa shape index (κ3) is 7.90. The maximum absolute atomic E-state index is 9.87. The third-order valence-corrected chi connectivity index (χ3v) is 1.01. The van der Waals surface area contributed by atoms with Crippen molar-refractivity contribution in [2.24, 2.45) is 0 Å². The Hall–Kier alpha value is -0.100. The van der Waals surface area contributed by atoms with E-state index in [0.29, 0.717) is 6.54 Å². The highest BCUT2D eigenvalue weighted by molar-refractivity contribution is 14.1. The molecule has 9 heavy (non-hydrogen) atoms. The number of carboxylic acid groups (broad SMARTS) is 1. The summed E-state index contributed by atoms with van der Waals surface area (Å²) in [4.78, 5) is 9.87. The van der Waals surface area contributed by atoms with E-state index in [1.165, 1.54) is 0 Å². The summed E-state index contributed by atoms with van der Waals surface area (Å²) in [5, 5.41) is 8.12. The summed E-state index contributed by atoms with van der Waals surface area (Å²) in [6.45, 7) is 0.660. The first-order valence-corrected chi connectivity index (χ1v) is 3.36. The van der Waals surface area contributed by atoms with E-state index >= 15 is 0 Å². The maximum Gasteiger partial charge on any atom is 0.328 e. The predicted octanol–water partition coefficient (Wildman–Crippen LogP) is 0.909. The van der Waals surface area contributed by atoms with Crippen LogP contribution in [0.15, 0.2) is 12.2 Å². The van der Waals surface area contributed by atoms with Crippen LogP contribution in [-0.2, 0) is 4.79 Å². The second kappa shape index (κ2) is 4.75. The highest BCUT2D eigenvalue weighted by atomic mass is 127. The second-order valence-corrected chi connectivity index (χ2v) is 3.18. The SMILES string of the molecule is CN(I)C/C=C/C(=O)O. The van der Waals surface area contributed by atoms with Gasteiger partial charge in [-0.3, -0.25) is 0 Å². The van der Waals surface area contributed by atoms with Gasteiger partial charge in [-0.2, -0.15) is 0 Å². The molecule has 0 bridgehead atoms.